The second-order valence-corrected chi connectivity index (χ2v) is 7.63. The molecule has 124 valence electrons. The zero-order valence-electron chi connectivity index (χ0n) is 13.9. The number of carbonyl (C=O) groups excluding carboxylic acids is 1. The van der Waals surface area contributed by atoms with Gasteiger partial charge in [-0.2, -0.15) is 0 Å². The van der Waals surface area contributed by atoms with E-state index < -0.39 is 0 Å². The summed E-state index contributed by atoms with van der Waals surface area (Å²) >= 11 is 6.69. The Hall–Kier alpha value is -1.33. The van der Waals surface area contributed by atoms with Crippen molar-refractivity contribution in [2.75, 3.05) is 13.2 Å². The second kappa shape index (κ2) is 8.50. The van der Waals surface area contributed by atoms with Gasteiger partial charge in [0.15, 0.2) is 0 Å². The molecule has 3 nitrogen and oxygen atoms in total. The fourth-order valence-electron chi connectivity index (χ4n) is 2.17. The van der Waals surface area contributed by atoms with E-state index in [2.05, 4.69) is 20.8 Å². The van der Waals surface area contributed by atoms with Crippen LogP contribution < -0.4 is 4.74 Å². The predicted molar refractivity (Wildman–Crippen MR) is 102 cm³/mol. The van der Waals surface area contributed by atoms with Crippen molar-refractivity contribution in [3.63, 3.8) is 0 Å². The standard InChI is InChI=1S/C18H23NO2S2/c1-4-5-10-21-15-8-6-14(7-9-15)11-16-17(20)19(12-13(2)3)18(22)23-16/h6-9,11,13H,4-5,10,12H2,1-3H3. The number of ether oxygens (including phenoxy) is 1. The van der Waals surface area contributed by atoms with E-state index in [1.165, 1.54) is 11.8 Å². The molecule has 0 saturated carbocycles. The number of hydrogen-bond acceptors (Lipinski definition) is 4. The van der Waals surface area contributed by atoms with Gasteiger partial charge in [0.05, 0.1) is 11.5 Å². The van der Waals surface area contributed by atoms with Crippen LogP contribution >= 0.6 is 24.0 Å². The summed E-state index contributed by atoms with van der Waals surface area (Å²) in [5.74, 6) is 1.27. The van der Waals surface area contributed by atoms with Crippen LogP contribution in [-0.2, 0) is 4.79 Å². The highest BCUT2D eigenvalue weighted by molar-refractivity contribution is 8.26. The Balaban J connectivity index is 2.04. The molecule has 0 bridgehead atoms. The summed E-state index contributed by atoms with van der Waals surface area (Å²) < 4.78 is 6.30. The molecular weight excluding hydrogens is 326 g/mol. The first-order valence-electron chi connectivity index (χ1n) is 7.99. The number of nitrogens with zero attached hydrogens (tertiary/aromatic N) is 1. The summed E-state index contributed by atoms with van der Waals surface area (Å²) in [6.07, 6.45) is 4.08. The Kier molecular flexibility index (Phi) is 6.66. The highest BCUT2D eigenvalue weighted by Crippen LogP contribution is 2.33. The normalized spacial score (nSPS) is 16.7. The van der Waals surface area contributed by atoms with Gasteiger partial charge in [-0.15, -0.1) is 0 Å². The van der Waals surface area contributed by atoms with E-state index in [0.29, 0.717) is 21.7 Å². The van der Waals surface area contributed by atoms with Crippen LogP contribution in [0.15, 0.2) is 29.2 Å². The maximum absolute atomic E-state index is 12.4. The summed E-state index contributed by atoms with van der Waals surface area (Å²) in [7, 11) is 0. The average molecular weight is 350 g/mol. The smallest absolute Gasteiger partial charge is 0.266 e. The lowest BCUT2D eigenvalue weighted by Gasteiger charge is -2.16. The molecule has 0 N–H and O–H groups in total. The highest BCUT2D eigenvalue weighted by atomic mass is 32.2. The van der Waals surface area contributed by atoms with E-state index in [4.69, 9.17) is 17.0 Å². The molecule has 1 fully saturated rings. The molecule has 5 heteroatoms. The molecule has 0 aliphatic carbocycles. The maximum Gasteiger partial charge on any atom is 0.266 e. The summed E-state index contributed by atoms with van der Waals surface area (Å²) in [5, 5.41) is 0. The quantitative estimate of drug-likeness (QED) is 0.405. The number of amides is 1. The van der Waals surface area contributed by atoms with Crippen LogP contribution in [0.5, 0.6) is 5.75 Å². The molecule has 23 heavy (non-hydrogen) atoms. The summed E-state index contributed by atoms with van der Waals surface area (Å²) in [5.41, 5.74) is 0.984. The maximum atomic E-state index is 12.4. The molecule has 0 radical (unpaired) electrons. The molecule has 0 unspecified atom stereocenters. The lowest BCUT2D eigenvalue weighted by atomic mass is 10.2. The van der Waals surface area contributed by atoms with Crippen LogP contribution in [0.2, 0.25) is 0 Å². The van der Waals surface area contributed by atoms with Gasteiger partial charge in [-0.25, -0.2) is 0 Å². The van der Waals surface area contributed by atoms with Crippen molar-refractivity contribution in [3.05, 3.63) is 34.7 Å². The Morgan fingerprint density at radius 2 is 2.00 bits per heavy atom. The summed E-state index contributed by atoms with van der Waals surface area (Å²) in [6.45, 7) is 7.72. The molecule has 1 heterocycles. The largest absolute Gasteiger partial charge is 0.494 e. The lowest BCUT2D eigenvalue weighted by Crippen LogP contribution is -2.31. The molecule has 0 atom stereocenters. The first-order chi connectivity index (χ1) is 11.0. The highest BCUT2D eigenvalue weighted by Gasteiger charge is 2.32. The van der Waals surface area contributed by atoms with Gasteiger partial charge in [0.25, 0.3) is 5.91 Å². The predicted octanol–water partition coefficient (Wildman–Crippen LogP) is 4.72. The van der Waals surface area contributed by atoms with Gasteiger partial charge in [0, 0.05) is 6.54 Å². The summed E-state index contributed by atoms with van der Waals surface area (Å²) in [6, 6.07) is 7.82. The molecule has 0 aromatic heterocycles. The first-order valence-corrected chi connectivity index (χ1v) is 9.22. The molecule has 0 spiro atoms. The van der Waals surface area contributed by atoms with Crippen LogP contribution in [-0.4, -0.2) is 28.3 Å². The fourth-order valence-corrected chi connectivity index (χ4v) is 3.44. The van der Waals surface area contributed by atoms with Gasteiger partial charge in [-0.1, -0.05) is 63.3 Å². The minimum absolute atomic E-state index is 0.0111. The Labute approximate surface area is 148 Å². The van der Waals surface area contributed by atoms with Crippen molar-refractivity contribution >= 4 is 40.3 Å². The van der Waals surface area contributed by atoms with Gasteiger partial charge in [-0.05, 0) is 36.1 Å². The van der Waals surface area contributed by atoms with Crippen LogP contribution in [0.25, 0.3) is 6.08 Å². The Morgan fingerprint density at radius 3 is 2.61 bits per heavy atom. The molecule has 1 amide bonds. The second-order valence-electron chi connectivity index (χ2n) is 5.96. The number of hydrogen-bond donors (Lipinski definition) is 0. The van der Waals surface area contributed by atoms with Gasteiger partial charge >= 0.3 is 0 Å². The van der Waals surface area contributed by atoms with E-state index in [0.717, 1.165) is 30.8 Å². The van der Waals surface area contributed by atoms with Crippen molar-refractivity contribution in [3.8, 4) is 5.75 Å². The third-order valence-corrected chi connectivity index (χ3v) is 4.74. The number of unbranched alkanes of at least 4 members (excludes halogenated alkanes) is 1. The van der Waals surface area contributed by atoms with Crippen molar-refractivity contribution in [2.45, 2.75) is 33.6 Å². The third-order valence-electron chi connectivity index (χ3n) is 3.37. The van der Waals surface area contributed by atoms with E-state index in [1.54, 1.807) is 4.90 Å². The summed E-state index contributed by atoms with van der Waals surface area (Å²) in [4.78, 5) is 14.8. The molecule has 1 aliphatic heterocycles. The van der Waals surface area contributed by atoms with E-state index >= 15 is 0 Å². The van der Waals surface area contributed by atoms with Crippen molar-refractivity contribution < 1.29 is 9.53 Å². The molecule has 1 aromatic rings. The Morgan fingerprint density at radius 1 is 1.30 bits per heavy atom. The van der Waals surface area contributed by atoms with Crippen LogP contribution in [0.4, 0.5) is 0 Å². The number of benzene rings is 1. The van der Waals surface area contributed by atoms with Gasteiger partial charge in [-0.3, -0.25) is 9.69 Å². The topological polar surface area (TPSA) is 29.5 Å². The third kappa shape index (κ3) is 5.08. The number of thiocarbonyl (C=S) groups is 1. The van der Waals surface area contributed by atoms with Crippen LogP contribution in [0.1, 0.15) is 39.2 Å². The number of rotatable bonds is 7. The molecule has 1 aliphatic rings. The van der Waals surface area contributed by atoms with Crippen LogP contribution in [0.3, 0.4) is 0 Å². The molecule has 2 rings (SSSR count). The first kappa shape index (κ1) is 18.0. The number of carbonyl (C=O) groups is 1. The van der Waals surface area contributed by atoms with Gasteiger partial charge in [0.2, 0.25) is 0 Å². The zero-order valence-corrected chi connectivity index (χ0v) is 15.5. The fraction of sp³-hybridized carbons (Fsp3) is 0.444. The lowest BCUT2D eigenvalue weighted by molar-refractivity contribution is -0.122. The minimum Gasteiger partial charge on any atom is -0.494 e. The van der Waals surface area contributed by atoms with E-state index in [-0.39, 0.29) is 5.91 Å². The van der Waals surface area contributed by atoms with Crippen molar-refractivity contribution in [1.82, 2.24) is 4.90 Å². The minimum atomic E-state index is 0.0111. The van der Waals surface area contributed by atoms with Gasteiger partial charge < -0.3 is 4.74 Å². The Bertz CT molecular complexity index is 594. The molecule has 1 saturated heterocycles. The average Bonchev–Trinajstić information content (AvgIpc) is 2.76. The molecular formula is C18H23NO2S2. The van der Waals surface area contributed by atoms with Gasteiger partial charge in [0.1, 0.15) is 10.1 Å². The van der Waals surface area contributed by atoms with E-state index in [9.17, 15) is 4.79 Å². The molecule has 1 aromatic carbocycles. The monoisotopic (exact) mass is 349 g/mol. The zero-order chi connectivity index (χ0) is 16.8. The number of thioether (sulfide) groups is 1. The SMILES string of the molecule is CCCCOc1ccc(C=C2SC(=S)N(CC(C)C)C2=O)cc1. The van der Waals surface area contributed by atoms with E-state index in [1.807, 2.05) is 30.3 Å². The van der Waals surface area contributed by atoms with Crippen molar-refractivity contribution in [2.24, 2.45) is 5.92 Å². The van der Waals surface area contributed by atoms with Crippen LogP contribution in [0, 0.1) is 5.92 Å². The van der Waals surface area contributed by atoms with Crippen molar-refractivity contribution in [1.29, 1.82) is 0 Å².